The highest BCUT2D eigenvalue weighted by molar-refractivity contribution is 5.84. The van der Waals surface area contributed by atoms with Crippen molar-refractivity contribution in [1.29, 1.82) is 0 Å². The van der Waals surface area contributed by atoms with Crippen molar-refractivity contribution in [2.75, 3.05) is 19.6 Å². The smallest absolute Gasteiger partial charge is 0.0619 e. The lowest BCUT2D eigenvalue weighted by Gasteiger charge is -2.07. The molecule has 0 aliphatic rings. The Kier molecular flexibility index (Phi) is 4.47. The first-order valence-corrected chi connectivity index (χ1v) is 6.16. The summed E-state index contributed by atoms with van der Waals surface area (Å²) >= 11 is 0. The number of benzene rings is 1. The number of pyridine rings is 1. The van der Waals surface area contributed by atoms with E-state index in [1.165, 1.54) is 10.8 Å². The zero-order valence-corrected chi connectivity index (χ0v) is 10.2. The third-order valence-electron chi connectivity index (χ3n) is 2.78. The molecule has 0 bridgehead atoms. The second kappa shape index (κ2) is 6.33. The summed E-state index contributed by atoms with van der Waals surface area (Å²) in [7, 11) is 0. The highest BCUT2D eigenvalue weighted by Gasteiger charge is 2.00. The summed E-state index contributed by atoms with van der Waals surface area (Å²) < 4.78 is 0. The van der Waals surface area contributed by atoms with Crippen LogP contribution in [-0.4, -0.2) is 24.6 Å². The third kappa shape index (κ3) is 3.25. The van der Waals surface area contributed by atoms with Crippen molar-refractivity contribution in [1.82, 2.24) is 15.6 Å². The number of rotatable bonds is 6. The normalized spacial score (nSPS) is 10.9. The predicted octanol–water partition coefficient (Wildman–Crippen LogP) is 1.93. The van der Waals surface area contributed by atoms with Crippen molar-refractivity contribution in [2.45, 2.75) is 13.5 Å². The molecule has 3 nitrogen and oxygen atoms in total. The Hall–Kier alpha value is -1.45. The number of likely N-dealkylation sites (N-methyl/N-ethyl adjacent to an activating group) is 1. The van der Waals surface area contributed by atoms with E-state index in [2.05, 4.69) is 52.9 Å². The standard InChI is InChI=1S/C14H19N3/c1-2-15-9-10-16-11-14-13-6-4-3-5-12(13)7-8-17-14/h3-8,15-16H,2,9-11H2,1H3. The Morgan fingerprint density at radius 1 is 1.06 bits per heavy atom. The lowest BCUT2D eigenvalue weighted by atomic mass is 10.1. The summed E-state index contributed by atoms with van der Waals surface area (Å²) in [5.41, 5.74) is 1.12. The number of hydrogen-bond donors (Lipinski definition) is 2. The van der Waals surface area contributed by atoms with Gasteiger partial charge in [0, 0.05) is 31.2 Å². The minimum absolute atomic E-state index is 0.826. The van der Waals surface area contributed by atoms with Crippen molar-refractivity contribution in [2.24, 2.45) is 0 Å². The summed E-state index contributed by atoms with van der Waals surface area (Å²) in [5.74, 6) is 0. The van der Waals surface area contributed by atoms with Gasteiger partial charge in [0.2, 0.25) is 0 Å². The maximum atomic E-state index is 4.44. The van der Waals surface area contributed by atoms with Crippen LogP contribution in [0.5, 0.6) is 0 Å². The Labute approximate surface area is 102 Å². The zero-order valence-electron chi connectivity index (χ0n) is 10.2. The highest BCUT2D eigenvalue weighted by atomic mass is 14.9. The molecule has 17 heavy (non-hydrogen) atoms. The number of nitrogens with one attached hydrogen (secondary N) is 2. The fourth-order valence-electron chi connectivity index (χ4n) is 1.88. The maximum absolute atomic E-state index is 4.44. The van der Waals surface area contributed by atoms with Gasteiger partial charge in [-0.25, -0.2) is 0 Å². The van der Waals surface area contributed by atoms with E-state index < -0.39 is 0 Å². The van der Waals surface area contributed by atoms with Crippen LogP contribution >= 0.6 is 0 Å². The molecule has 0 aliphatic carbocycles. The molecule has 0 aliphatic heterocycles. The second-order valence-electron chi connectivity index (χ2n) is 4.01. The fraction of sp³-hybridized carbons (Fsp3) is 0.357. The molecule has 2 N–H and O–H groups in total. The number of nitrogens with zero attached hydrogens (tertiary/aromatic N) is 1. The molecule has 0 atom stereocenters. The minimum Gasteiger partial charge on any atom is -0.316 e. The third-order valence-corrected chi connectivity index (χ3v) is 2.78. The molecular weight excluding hydrogens is 210 g/mol. The molecule has 0 unspecified atom stereocenters. The van der Waals surface area contributed by atoms with E-state index in [0.29, 0.717) is 0 Å². The van der Waals surface area contributed by atoms with E-state index in [0.717, 1.165) is 31.9 Å². The van der Waals surface area contributed by atoms with E-state index in [4.69, 9.17) is 0 Å². The molecule has 0 radical (unpaired) electrons. The molecule has 2 aromatic rings. The first-order valence-electron chi connectivity index (χ1n) is 6.16. The van der Waals surface area contributed by atoms with Crippen molar-refractivity contribution >= 4 is 10.8 Å². The molecule has 0 saturated carbocycles. The Bertz CT molecular complexity index is 462. The Morgan fingerprint density at radius 3 is 2.76 bits per heavy atom. The van der Waals surface area contributed by atoms with Crippen molar-refractivity contribution in [3.05, 3.63) is 42.2 Å². The molecule has 0 fully saturated rings. The second-order valence-corrected chi connectivity index (χ2v) is 4.01. The summed E-state index contributed by atoms with van der Waals surface area (Å²) in [6.45, 7) is 5.94. The lowest BCUT2D eigenvalue weighted by Crippen LogP contribution is -2.27. The average Bonchev–Trinajstić information content (AvgIpc) is 2.39. The SMILES string of the molecule is CCNCCNCc1nccc2ccccc12. The lowest BCUT2D eigenvalue weighted by molar-refractivity contribution is 0.621. The predicted molar refractivity (Wildman–Crippen MR) is 72.0 cm³/mol. The van der Waals surface area contributed by atoms with Gasteiger partial charge in [0.25, 0.3) is 0 Å². The van der Waals surface area contributed by atoms with Gasteiger partial charge in [-0.3, -0.25) is 4.98 Å². The first kappa shape index (κ1) is 12.0. The summed E-state index contributed by atoms with van der Waals surface area (Å²) in [5, 5.41) is 9.19. The van der Waals surface area contributed by atoms with Crippen LogP contribution in [0, 0.1) is 0 Å². The van der Waals surface area contributed by atoms with Gasteiger partial charge < -0.3 is 10.6 Å². The topological polar surface area (TPSA) is 37.0 Å². The molecular formula is C14H19N3. The Morgan fingerprint density at radius 2 is 1.88 bits per heavy atom. The van der Waals surface area contributed by atoms with Crippen LogP contribution in [0.2, 0.25) is 0 Å². The van der Waals surface area contributed by atoms with E-state index in [1.807, 2.05) is 6.20 Å². The molecule has 2 rings (SSSR count). The van der Waals surface area contributed by atoms with E-state index in [9.17, 15) is 0 Å². The van der Waals surface area contributed by atoms with Crippen molar-refractivity contribution in [3.8, 4) is 0 Å². The first-order chi connectivity index (χ1) is 8.42. The van der Waals surface area contributed by atoms with Gasteiger partial charge in [0.15, 0.2) is 0 Å². The fourth-order valence-corrected chi connectivity index (χ4v) is 1.88. The molecule has 1 heterocycles. The van der Waals surface area contributed by atoms with Gasteiger partial charge in [-0.2, -0.15) is 0 Å². The molecule has 90 valence electrons. The molecule has 0 amide bonds. The summed E-state index contributed by atoms with van der Waals surface area (Å²) in [4.78, 5) is 4.44. The summed E-state index contributed by atoms with van der Waals surface area (Å²) in [6.07, 6.45) is 1.88. The van der Waals surface area contributed by atoms with Crippen molar-refractivity contribution < 1.29 is 0 Å². The largest absolute Gasteiger partial charge is 0.316 e. The summed E-state index contributed by atoms with van der Waals surface area (Å²) in [6, 6.07) is 10.4. The molecule has 0 spiro atoms. The van der Waals surface area contributed by atoms with Gasteiger partial charge in [-0.15, -0.1) is 0 Å². The maximum Gasteiger partial charge on any atom is 0.0619 e. The number of aromatic nitrogens is 1. The van der Waals surface area contributed by atoms with Gasteiger partial charge in [0.1, 0.15) is 0 Å². The zero-order chi connectivity index (χ0) is 11.9. The minimum atomic E-state index is 0.826. The molecule has 1 aromatic carbocycles. The molecule has 1 aromatic heterocycles. The van der Waals surface area contributed by atoms with Gasteiger partial charge in [-0.05, 0) is 18.0 Å². The monoisotopic (exact) mass is 229 g/mol. The molecule has 3 heteroatoms. The van der Waals surface area contributed by atoms with Crippen LogP contribution in [-0.2, 0) is 6.54 Å². The van der Waals surface area contributed by atoms with Crippen molar-refractivity contribution in [3.63, 3.8) is 0 Å². The van der Waals surface area contributed by atoms with Crippen LogP contribution < -0.4 is 10.6 Å². The van der Waals surface area contributed by atoms with E-state index in [1.54, 1.807) is 0 Å². The quantitative estimate of drug-likeness (QED) is 0.743. The number of hydrogen-bond acceptors (Lipinski definition) is 3. The highest BCUT2D eigenvalue weighted by Crippen LogP contribution is 2.15. The van der Waals surface area contributed by atoms with Crippen LogP contribution in [0.15, 0.2) is 36.5 Å². The van der Waals surface area contributed by atoms with Crippen LogP contribution in [0.3, 0.4) is 0 Å². The van der Waals surface area contributed by atoms with Crippen LogP contribution in [0.25, 0.3) is 10.8 Å². The Balaban J connectivity index is 1.98. The van der Waals surface area contributed by atoms with E-state index >= 15 is 0 Å². The van der Waals surface area contributed by atoms with E-state index in [-0.39, 0.29) is 0 Å². The van der Waals surface area contributed by atoms with Gasteiger partial charge in [0.05, 0.1) is 5.69 Å². The van der Waals surface area contributed by atoms with Gasteiger partial charge in [-0.1, -0.05) is 31.2 Å². The van der Waals surface area contributed by atoms with Gasteiger partial charge >= 0.3 is 0 Å². The van der Waals surface area contributed by atoms with Crippen LogP contribution in [0.4, 0.5) is 0 Å². The average molecular weight is 229 g/mol. The molecule has 0 saturated heterocycles. The van der Waals surface area contributed by atoms with Crippen LogP contribution in [0.1, 0.15) is 12.6 Å². The number of fused-ring (bicyclic) bond motifs is 1.